The molecule has 1 aromatic heterocycles. The molecular formula is C13H23N3OS. The number of hydrogen-bond acceptors (Lipinski definition) is 5. The molecule has 0 bridgehead atoms. The molecule has 0 aromatic carbocycles. The second kappa shape index (κ2) is 9.30. The van der Waals surface area contributed by atoms with Crippen molar-refractivity contribution in [2.45, 2.75) is 37.8 Å². The lowest BCUT2D eigenvalue weighted by Crippen LogP contribution is -2.18. The van der Waals surface area contributed by atoms with Crippen molar-refractivity contribution in [1.29, 1.82) is 0 Å². The van der Waals surface area contributed by atoms with E-state index < -0.39 is 0 Å². The highest BCUT2D eigenvalue weighted by Gasteiger charge is 2.02. The number of ether oxygens (including phenoxy) is 1. The van der Waals surface area contributed by atoms with Crippen LogP contribution in [0.15, 0.2) is 12.4 Å². The molecule has 1 unspecified atom stereocenters. The number of thioether (sulfide) groups is 1. The molecule has 1 aromatic rings. The van der Waals surface area contributed by atoms with Crippen LogP contribution >= 0.6 is 11.8 Å². The quantitative estimate of drug-likeness (QED) is 0.697. The van der Waals surface area contributed by atoms with Crippen molar-refractivity contribution in [2.75, 3.05) is 20.3 Å². The van der Waals surface area contributed by atoms with E-state index in [-0.39, 0.29) is 0 Å². The highest BCUT2D eigenvalue weighted by Crippen LogP contribution is 2.17. The van der Waals surface area contributed by atoms with Crippen LogP contribution in [0.2, 0.25) is 0 Å². The molecule has 1 atom stereocenters. The van der Waals surface area contributed by atoms with Crippen molar-refractivity contribution >= 4 is 11.8 Å². The monoisotopic (exact) mass is 269 g/mol. The summed E-state index contributed by atoms with van der Waals surface area (Å²) in [6.45, 7) is 6.81. The highest BCUT2D eigenvalue weighted by molar-refractivity contribution is 7.99. The van der Waals surface area contributed by atoms with Crippen LogP contribution in [0.25, 0.3) is 0 Å². The number of rotatable bonds is 9. The fourth-order valence-electron chi connectivity index (χ4n) is 1.29. The van der Waals surface area contributed by atoms with Crippen molar-refractivity contribution in [3.63, 3.8) is 0 Å². The third-order valence-electron chi connectivity index (χ3n) is 2.64. The van der Waals surface area contributed by atoms with Gasteiger partial charge in [-0.05, 0) is 6.42 Å². The molecule has 1 heterocycles. The molecule has 0 saturated carbocycles. The Balaban J connectivity index is 2.28. The Hall–Kier alpha value is -0.650. The molecular weight excluding hydrogens is 246 g/mol. The minimum atomic E-state index is 0.670. The summed E-state index contributed by atoms with van der Waals surface area (Å²) in [6, 6.07) is 0. The largest absolute Gasteiger partial charge is 0.383 e. The fourth-order valence-corrected chi connectivity index (χ4v) is 2.11. The summed E-state index contributed by atoms with van der Waals surface area (Å²) in [5.74, 6) is 1.81. The van der Waals surface area contributed by atoms with E-state index in [1.807, 2.05) is 24.2 Å². The smallest absolute Gasteiger partial charge is 0.138 e. The van der Waals surface area contributed by atoms with E-state index in [0.717, 1.165) is 36.8 Å². The summed E-state index contributed by atoms with van der Waals surface area (Å²) >= 11 is 1.90. The molecule has 0 aliphatic heterocycles. The van der Waals surface area contributed by atoms with Crippen molar-refractivity contribution in [3.05, 3.63) is 23.8 Å². The molecule has 0 spiro atoms. The number of aromatic nitrogens is 2. The average Bonchev–Trinajstić information content (AvgIpc) is 2.42. The van der Waals surface area contributed by atoms with Crippen LogP contribution < -0.4 is 5.32 Å². The lowest BCUT2D eigenvalue weighted by molar-refractivity contribution is 0.199. The van der Waals surface area contributed by atoms with E-state index >= 15 is 0 Å². The maximum atomic E-state index is 4.97. The van der Waals surface area contributed by atoms with Crippen LogP contribution in [0.3, 0.4) is 0 Å². The maximum absolute atomic E-state index is 4.97. The Labute approximate surface area is 114 Å². The van der Waals surface area contributed by atoms with Crippen molar-refractivity contribution < 1.29 is 4.74 Å². The summed E-state index contributed by atoms with van der Waals surface area (Å²) in [5, 5.41) is 3.94. The van der Waals surface area contributed by atoms with Crippen molar-refractivity contribution in [2.24, 2.45) is 0 Å². The van der Waals surface area contributed by atoms with Crippen LogP contribution in [0.4, 0.5) is 0 Å². The minimum absolute atomic E-state index is 0.670. The Morgan fingerprint density at radius 3 is 2.72 bits per heavy atom. The standard InChI is InChI=1S/C13H23N3OS/c1-4-11(2)18-10-13-15-8-12(9-16-13)7-14-5-6-17-3/h8-9,11,14H,4-7,10H2,1-3H3. The van der Waals surface area contributed by atoms with Gasteiger partial charge in [-0.2, -0.15) is 11.8 Å². The van der Waals surface area contributed by atoms with E-state index in [1.54, 1.807) is 7.11 Å². The highest BCUT2D eigenvalue weighted by atomic mass is 32.2. The van der Waals surface area contributed by atoms with Gasteiger partial charge in [-0.3, -0.25) is 0 Å². The SMILES string of the molecule is CCC(C)SCc1ncc(CNCCOC)cn1. The Bertz CT molecular complexity index is 319. The van der Waals surface area contributed by atoms with Crippen LogP contribution in [0, 0.1) is 0 Å². The normalized spacial score (nSPS) is 12.6. The lowest BCUT2D eigenvalue weighted by atomic mass is 10.3. The Morgan fingerprint density at radius 1 is 1.39 bits per heavy atom. The van der Waals surface area contributed by atoms with Gasteiger partial charge >= 0.3 is 0 Å². The van der Waals surface area contributed by atoms with Gasteiger partial charge in [-0.25, -0.2) is 9.97 Å². The average molecular weight is 269 g/mol. The third-order valence-corrected chi connectivity index (χ3v) is 3.97. The zero-order valence-corrected chi connectivity index (χ0v) is 12.3. The van der Waals surface area contributed by atoms with E-state index in [4.69, 9.17) is 4.74 Å². The van der Waals surface area contributed by atoms with E-state index in [0.29, 0.717) is 5.25 Å². The molecule has 1 N–H and O–H groups in total. The van der Waals surface area contributed by atoms with Crippen LogP contribution in [0.5, 0.6) is 0 Å². The second-order valence-electron chi connectivity index (χ2n) is 4.21. The molecule has 102 valence electrons. The first kappa shape index (κ1) is 15.4. The molecule has 0 radical (unpaired) electrons. The Kier molecular flexibility index (Phi) is 7.96. The number of hydrogen-bond donors (Lipinski definition) is 1. The molecule has 18 heavy (non-hydrogen) atoms. The van der Waals surface area contributed by atoms with Crippen LogP contribution in [0.1, 0.15) is 31.7 Å². The molecule has 4 nitrogen and oxygen atoms in total. The van der Waals surface area contributed by atoms with Gasteiger partial charge in [0.15, 0.2) is 0 Å². The zero-order valence-electron chi connectivity index (χ0n) is 11.5. The molecule has 5 heteroatoms. The van der Waals surface area contributed by atoms with E-state index in [1.165, 1.54) is 6.42 Å². The van der Waals surface area contributed by atoms with Gasteiger partial charge in [0.1, 0.15) is 5.82 Å². The number of nitrogens with zero attached hydrogens (tertiary/aromatic N) is 2. The van der Waals surface area contributed by atoms with E-state index in [2.05, 4.69) is 29.1 Å². The van der Waals surface area contributed by atoms with Crippen molar-refractivity contribution in [3.8, 4) is 0 Å². The summed E-state index contributed by atoms with van der Waals surface area (Å²) in [4.78, 5) is 8.76. The van der Waals surface area contributed by atoms with Gasteiger partial charge in [-0.15, -0.1) is 0 Å². The predicted octanol–water partition coefficient (Wildman–Crippen LogP) is 2.24. The maximum Gasteiger partial charge on any atom is 0.138 e. The first-order valence-electron chi connectivity index (χ1n) is 6.37. The van der Waals surface area contributed by atoms with Crippen LogP contribution in [-0.2, 0) is 17.0 Å². The van der Waals surface area contributed by atoms with Gasteiger partial charge < -0.3 is 10.1 Å². The topological polar surface area (TPSA) is 47.0 Å². The molecule has 0 saturated heterocycles. The van der Waals surface area contributed by atoms with Gasteiger partial charge in [0.2, 0.25) is 0 Å². The van der Waals surface area contributed by atoms with Crippen molar-refractivity contribution in [1.82, 2.24) is 15.3 Å². The summed E-state index contributed by atoms with van der Waals surface area (Å²) in [7, 11) is 1.70. The second-order valence-corrected chi connectivity index (χ2v) is 5.63. The van der Waals surface area contributed by atoms with Crippen LogP contribution in [-0.4, -0.2) is 35.5 Å². The molecule has 0 aliphatic rings. The summed E-state index contributed by atoms with van der Waals surface area (Å²) in [5.41, 5.74) is 1.11. The number of nitrogens with one attached hydrogen (secondary N) is 1. The van der Waals surface area contributed by atoms with Gasteiger partial charge in [-0.1, -0.05) is 13.8 Å². The third kappa shape index (κ3) is 6.33. The van der Waals surface area contributed by atoms with Gasteiger partial charge in [0.25, 0.3) is 0 Å². The minimum Gasteiger partial charge on any atom is -0.383 e. The molecule has 1 rings (SSSR count). The molecule has 0 amide bonds. The summed E-state index contributed by atoms with van der Waals surface area (Å²) < 4.78 is 4.97. The fraction of sp³-hybridized carbons (Fsp3) is 0.692. The summed E-state index contributed by atoms with van der Waals surface area (Å²) in [6.07, 6.45) is 4.99. The molecule has 0 aliphatic carbocycles. The Morgan fingerprint density at radius 2 is 2.11 bits per heavy atom. The first-order valence-corrected chi connectivity index (χ1v) is 7.42. The van der Waals surface area contributed by atoms with Gasteiger partial charge in [0, 0.05) is 43.4 Å². The first-order chi connectivity index (χ1) is 8.76. The lowest BCUT2D eigenvalue weighted by Gasteiger charge is -2.07. The molecule has 0 fully saturated rings. The predicted molar refractivity (Wildman–Crippen MR) is 76.7 cm³/mol. The van der Waals surface area contributed by atoms with E-state index in [9.17, 15) is 0 Å². The van der Waals surface area contributed by atoms with Gasteiger partial charge in [0.05, 0.1) is 12.4 Å². The number of methoxy groups -OCH3 is 1. The zero-order chi connectivity index (χ0) is 13.2.